The number of nitrogens with zero attached hydrogens (tertiary/aromatic N) is 1. The van der Waals surface area contributed by atoms with Gasteiger partial charge in [0.2, 0.25) is 0 Å². The number of hydrogen-bond donors (Lipinski definition) is 0. The zero-order valence-corrected chi connectivity index (χ0v) is 11.6. The Balaban J connectivity index is 2.35. The molecule has 1 aromatic carbocycles. The van der Waals surface area contributed by atoms with Crippen molar-refractivity contribution in [3.05, 3.63) is 29.3 Å². The number of anilines is 1. The van der Waals surface area contributed by atoms with Crippen molar-refractivity contribution < 1.29 is 4.74 Å². The summed E-state index contributed by atoms with van der Waals surface area (Å²) in [6.07, 6.45) is 6.88. The van der Waals surface area contributed by atoms with Crippen molar-refractivity contribution in [2.75, 3.05) is 11.9 Å². The van der Waals surface area contributed by atoms with Crippen molar-refractivity contribution in [2.24, 2.45) is 5.92 Å². The summed E-state index contributed by atoms with van der Waals surface area (Å²) in [5, 5.41) is 0. The lowest BCUT2D eigenvalue weighted by Gasteiger charge is -2.41. The Bertz CT molecular complexity index is 472. The molecule has 0 radical (unpaired) electrons. The van der Waals surface area contributed by atoms with Crippen LogP contribution in [0.5, 0.6) is 0 Å². The minimum Gasteiger partial charge on any atom is -0.355 e. The van der Waals surface area contributed by atoms with Crippen LogP contribution in [0.3, 0.4) is 0 Å². The highest BCUT2D eigenvalue weighted by molar-refractivity contribution is 5.59. The molecular formula is C16H21NO. The van der Waals surface area contributed by atoms with Crippen LogP contribution in [0.4, 0.5) is 5.69 Å². The van der Waals surface area contributed by atoms with Gasteiger partial charge in [-0.2, -0.15) is 0 Å². The average molecular weight is 243 g/mol. The zero-order valence-electron chi connectivity index (χ0n) is 11.6. The Kier molecular flexibility index (Phi) is 3.63. The summed E-state index contributed by atoms with van der Waals surface area (Å²) in [5.41, 5.74) is 3.49. The van der Waals surface area contributed by atoms with E-state index in [4.69, 9.17) is 11.2 Å². The highest BCUT2D eigenvalue weighted by atomic mass is 16.5. The predicted octanol–water partition coefficient (Wildman–Crippen LogP) is 3.05. The van der Waals surface area contributed by atoms with Gasteiger partial charge in [0.1, 0.15) is 6.23 Å². The van der Waals surface area contributed by atoms with Crippen LogP contribution in [0.15, 0.2) is 18.2 Å². The van der Waals surface area contributed by atoms with Crippen molar-refractivity contribution in [1.82, 2.24) is 0 Å². The van der Waals surface area contributed by atoms with E-state index in [1.807, 2.05) is 6.07 Å². The van der Waals surface area contributed by atoms with Gasteiger partial charge in [0.05, 0.1) is 6.10 Å². The monoisotopic (exact) mass is 243 g/mol. The number of terminal acetylenes is 1. The number of ether oxygens (including phenoxy) is 1. The molecule has 0 saturated heterocycles. The maximum absolute atomic E-state index is 6.02. The molecule has 2 atom stereocenters. The van der Waals surface area contributed by atoms with Gasteiger partial charge in [-0.15, -0.1) is 6.42 Å². The van der Waals surface area contributed by atoms with E-state index in [9.17, 15) is 0 Å². The van der Waals surface area contributed by atoms with Crippen LogP contribution in [0, 0.1) is 18.3 Å². The molecule has 0 N–H and O–H groups in total. The minimum atomic E-state index is 0.130. The van der Waals surface area contributed by atoms with Gasteiger partial charge in [0.25, 0.3) is 0 Å². The van der Waals surface area contributed by atoms with Gasteiger partial charge in [0.15, 0.2) is 0 Å². The van der Waals surface area contributed by atoms with Gasteiger partial charge in [0, 0.05) is 24.2 Å². The molecule has 2 nitrogen and oxygen atoms in total. The number of rotatable bonds is 2. The summed E-state index contributed by atoms with van der Waals surface area (Å²) in [4.78, 5) is 2.21. The first kappa shape index (κ1) is 13.0. The lowest BCUT2D eigenvalue weighted by molar-refractivity contribution is -0.0240. The van der Waals surface area contributed by atoms with Crippen LogP contribution in [0.1, 0.15) is 31.9 Å². The van der Waals surface area contributed by atoms with E-state index in [-0.39, 0.29) is 12.3 Å². The van der Waals surface area contributed by atoms with E-state index in [1.165, 1.54) is 11.3 Å². The van der Waals surface area contributed by atoms with Gasteiger partial charge in [-0.3, -0.25) is 0 Å². The third kappa shape index (κ3) is 2.37. The van der Waals surface area contributed by atoms with Gasteiger partial charge in [-0.25, -0.2) is 0 Å². The molecule has 1 heterocycles. The van der Waals surface area contributed by atoms with Crippen molar-refractivity contribution >= 4 is 5.69 Å². The summed E-state index contributed by atoms with van der Waals surface area (Å²) >= 11 is 0. The second-order valence-corrected chi connectivity index (χ2v) is 5.36. The van der Waals surface area contributed by atoms with Crippen molar-refractivity contribution in [3.8, 4) is 12.3 Å². The minimum absolute atomic E-state index is 0.130. The molecule has 0 spiro atoms. The van der Waals surface area contributed by atoms with Crippen molar-refractivity contribution in [2.45, 2.75) is 39.5 Å². The first-order chi connectivity index (χ1) is 8.52. The molecule has 0 amide bonds. The van der Waals surface area contributed by atoms with Crippen molar-refractivity contribution in [1.29, 1.82) is 0 Å². The topological polar surface area (TPSA) is 12.5 Å². The average Bonchev–Trinajstić information content (AvgIpc) is 2.34. The first-order valence-electron chi connectivity index (χ1n) is 6.50. The van der Waals surface area contributed by atoms with Gasteiger partial charge in [-0.05, 0) is 38.0 Å². The third-order valence-electron chi connectivity index (χ3n) is 3.45. The smallest absolute Gasteiger partial charge is 0.133 e. The molecule has 0 fully saturated rings. The molecule has 2 rings (SSSR count). The molecule has 0 saturated carbocycles. The van der Waals surface area contributed by atoms with Crippen LogP contribution in [0.25, 0.3) is 0 Å². The van der Waals surface area contributed by atoms with E-state index < -0.39 is 0 Å². The molecular weight excluding hydrogens is 222 g/mol. The molecule has 2 heteroatoms. The quantitative estimate of drug-likeness (QED) is 0.740. The molecule has 96 valence electrons. The van der Waals surface area contributed by atoms with Crippen LogP contribution in [-0.4, -0.2) is 19.4 Å². The Morgan fingerprint density at radius 2 is 2.17 bits per heavy atom. The Morgan fingerprint density at radius 1 is 1.44 bits per heavy atom. The highest BCUT2D eigenvalue weighted by Crippen LogP contribution is 2.34. The molecule has 0 aliphatic carbocycles. The van der Waals surface area contributed by atoms with Crippen LogP contribution in [0.2, 0.25) is 0 Å². The highest BCUT2D eigenvalue weighted by Gasteiger charge is 2.30. The van der Waals surface area contributed by atoms with E-state index in [0.29, 0.717) is 5.92 Å². The summed E-state index contributed by atoms with van der Waals surface area (Å²) in [5.74, 6) is 3.18. The van der Waals surface area contributed by atoms with E-state index in [0.717, 1.165) is 12.0 Å². The van der Waals surface area contributed by atoms with Gasteiger partial charge < -0.3 is 9.64 Å². The van der Waals surface area contributed by atoms with Crippen LogP contribution in [-0.2, 0) is 11.2 Å². The summed E-state index contributed by atoms with van der Waals surface area (Å²) in [6, 6.07) is 6.24. The van der Waals surface area contributed by atoms with Crippen LogP contribution < -0.4 is 4.90 Å². The van der Waals surface area contributed by atoms with Crippen LogP contribution >= 0.6 is 0 Å². The second-order valence-electron chi connectivity index (χ2n) is 5.36. The normalized spacial score (nSPS) is 22.8. The number of fused-ring (bicyclic) bond motifs is 1. The lowest BCUT2D eigenvalue weighted by atomic mass is 9.91. The maximum atomic E-state index is 6.02. The third-order valence-corrected chi connectivity index (χ3v) is 3.45. The lowest BCUT2D eigenvalue weighted by Crippen LogP contribution is -2.45. The Hall–Kier alpha value is -1.46. The van der Waals surface area contributed by atoms with E-state index in [2.05, 4.69) is 50.8 Å². The first-order valence-corrected chi connectivity index (χ1v) is 6.50. The maximum Gasteiger partial charge on any atom is 0.133 e. The molecule has 0 aromatic heterocycles. The molecule has 0 bridgehead atoms. The SMILES string of the molecule is C#Cc1ccc2c(c1)N(C)C(OC(C)C)C(C)C2. The molecule has 2 unspecified atom stereocenters. The predicted molar refractivity (Wildman–Crippen MR) is 75.7 cm³/mol. The number of hydrogen-bond acceptors (Lipinski definition) is 2. The fraction of sp³-hybridized carbons (Fsp3) is 0.500. The fourth-order valence-corrected chi connectivity index (χ4v) is 2.63. The largest absolute Gasteiger partial charge is 0.355 e. The summed E-state index contributed by atoms with van der Waals surface area (Å²) < 4.78 is 6.02. The molecule has 1 aromatic rings. The second kappa shape index (κ2) is 5.04. The molecule has 1 aliphatic rings. The standard InChI is InChI=1S/C16H21NO/c1-6-13-7-8-14-9-12(4)16(18-11(2)3)17(5)15(14)10-13/h1,7-8,10-12,16H,9H2,2-5H3. The van der Waals surface area contributed by atoms with E-state index >= 15 is 0 Å². The van der Waals surface area contributed by atoms with Gasteiger partial charge in [-0.1, -0.05) is 18.9 Å². The van der Waals surface area contributed by atoms with Gasteiger partial charge >= 0.3 is 0 Å². The molecule has 1 aliphatic heterocycles. The summed E-state index contributed by atoms with van der Waals surface area (Å²) in [6.45, 7) is 6.39. The Labute approximate surface area is 110 Å². The Morgan fingerprint density at radius 3 is 2.78 bits per heavy atom. The van der Waals surface area contributed by atoms with E-state index in [1.54, 1.807) is 0 Å². The fourth-order valence-electron chi connectivity index (χ4n) is 2.63. The van der Waals surface area contributed by atoms with Crippen molar-refractivity contribution in [3.63, 3.8) is 0 Å². The number of benzene rings is 1. The summed E-state index contributed by atoms with van der Waals surface area (Å²) in [7, 11) is 2.09. The molecule has 18 heavy (non-hydrogen) atoms. The zero-order chi connectivity index (χ0) is 13.3.